The van der Waals surface area contributed by atoms with Crippen LogP contribution in [-0.2, 0) is 14.8 Å². The third-order valence-electron chi connectivity index (χ3n) is 4.12. The van der Waals surface area contributed by atoms with Crippen LogP contribution in [-0.4, -0.2) is 47.2 Å². The van der Waals surface area contributed by atoms with Crippen LogP contribution in [0.25, 0.3) is 11.5 Å². The second-order valence-corrected chi connectivity index (χ2v) is 9.26. The van der Waals surface area contributed by atoms with Crippen molar-refractivity contribution in [2.75, 3.05) is 13.1 Å². The number of piperidine rings is 1. The molecular weight excluding hydrogens is 376 g/mol. The lowest BCUT2D eigenvalue weighted by Crippen LogP contribution is -2.35. The number of rotatable bonds is 6. The highest BCUT2D eigenvalue weighted by Crippen LogP contribution is 2.28. The van der Waals surface area contributed by atoms with Gasteiger partial charge in [0.1, 0.15) is 0 Å². The molecule has 3 rings (SSSR count). The van der Waals surface area contributed by atoms with Gasteiger partial charge in [0, 0.05) is 18.7 Å². The van der Waals surface area contributed by atoms with Crippen molar-refractivity contribution in [2.24, 2.45) is 5.73 Å². The lowest BCUT2D eigenvalue weighted by Gasteiger charge is -2.25. The number of carbonyl (C=O) groups is 1. The summed E-state index contributed by atoms with van der Waals surface area (Å²) in [5.41, 5.74) is 5.73. The van der Waals surface area contributed by atoms with E-state index in [-0.39, 0.29) is 16.0 Å². The first-order valence-electron chi connectivity index (χ1n) is 8.28. The summed E-state index contributed by atoms with van der Waals surface area (Å²) in [6.45, 7) is 2.72. The van der Waals surface area contributed by atoms with E-state index in [0.29, 0.717) is 18.7 Å². The van der Waals surface area contributed by atoms with Crippen LogP contribution in [0.1, 0.15) is 26.2 Å². The first kappa shape index (κ1) is 18.9. The second kappa shape index (κ2) is 7.77. The summed E-state index contributed by atoms with van der Waals surface area (Å²) in [4.78, 5) is 11.3. The molecule has 1 saturated heterocycles. The Hall–Kier alpha value is -1.91. The van der Waals surface area contributed by atoms with E-state index in [0.717, 1.165) is 31.0 Å². The highest BCUT2D eigenvalue weighted by molar-refractivity contribution is 8.00. The lowest BCUT2D eigenvalue weighted by atomic mass is 10.2. The standard InChI is InChI=1S/C16H20N4O4S2/c1-11(14(17)21)25-16-19-18-15(24-16)12-6-5-7-13(10-12)26(22,23)20-8-3-2-4-9-20/h5-7,10-11H,2-4,8-9H2,1H3,(H2,17,21)/t11-/m1/s1. The molecule has 1 aliphatic rings. The first-order chi connectivity index (χ1) is 12.4. The van der Waals surface area contributed by atoms with Crippen molar-refractivity contribution >= 4 is 27.7 Å². The maximum atomic E-state index is 12.8. The molecule has 1 aliphatic heterocycles. The van der Waals surface area contributed by atoms with E-state index in [2.05, 4.69) is 10.2 Å². The van der Waals surface area contributed by atoms with Gasteiger partial charge in [-0.25, -0.2) is 8.42 Å². The molecule has 26 heavy (non-hydrogen) atoms. The number of aromatic nitrogens is 2. The maximum absolute atomic E-state index is 12.8. The van der Waals surface area contributed by atoms with E-state index in [1.807, 2.05) is 0 Å². The van der Waals surface area contributed by atoms with Gasteiger partial charge < -0.3 is 10.2 Å². The van der Waals surface area contributed by atoms with Gasteiger partial charge in [0.2, 0.25) is 21.8 Å². The SMILES string of the molecule is C[C@@H](Sc1nnc(-c2cccc(S(=O)(=O)N3CCCCC3)c2)o1)C(N)=O. The molecule has 1 aromatic carbocycles. The molecular formula is C16H20N4O4S2. The number of benzene rings is 1. The third kappa shape index (κ3) is 4.08. The smallest absolute Gasteiger partial charge is 0.277 e. The van der Waals surface area contributed by atoms with Crippen molar-refractivity contribution in [3.05, 3.63) is 24.3 Å². The zero-order valence-corrected chi connectivity index (χ0v) is 15.9. The van der Waals surface area contributed by atoms with E-state index in [1.165, 1.54) is 10.4 Å². The minimum absolute atomic E-state index is 0.194. The van der Waals surface area contributed by atoms with Gasteiger partial charge in [-0.05, 0) is 38.0 Å². The summed E-state index contributed by atoms with van der Waals surface area (Å²) < 4.78 is 32.6. The highest BCUT2D eigenvalue weighted by atomic mass is 32.2. The number of thioether (sulfide) groups is 1. The Balaban J connectivity index is 1.83. The van der Waals surface area contributed by atoms with E-state index in [9.17, 15) is 13.2 Å². The molecule has 1 atom stereocenters. The number of sulfonamides is 1. The second-order valence-electron chi connectivity index (χ2n) is 6.03. The van der Waals surface area contributed by atoms with Gasteiger partial charge in [0.25, 0.3) is 5.22 Å². The molecule has 0 unspecified atom stereocenters. The van der Waals surface area contributed by atoms with Gasteiger partial charge in [-0.15, -0.1) is 10.2 Å². The number of nitrogens with zero attached hydrogens (tertiary/aromatic N) is 3. The lowest BCUT2D eigenvalue weighted by molar-refractivity contribution is -0.117. The molecule has 10 heteroatoms. The molecule has 2 heterocycles. The van der Waals surface area contributed by atoms with E-state index < -0.39 is 21.2 Å². The van der Waals surface area contributed by atoms with Crippen molar-refractivity contribution < 1.29 is 17.6 Å². The number of carbonyl (C=O) groups excluding carboxylic acids is 1. The Kier molecular flexibility index (Phi) is 5.64. The highest BCUT2D eigenvalue weighted by Gasteiger charge is 2.26. The molecule has 2 aromatic rings. The molecule has 140 valence electrons. The molecule has 0 spiro atoms. The average molecular weight is 396 g/mol. The third-order valence-corrected chi connectivity index (χ3v) is 6.97. The van der Waals surface area contributed by atoms with Crippen LogP contribution in [0.4, 0.5) is 0 Å². The summed E-state index contributed by atoms with van der Waals surface area (Å²) >= 11 is 1.06. The van der Waals surface area contributed by atoms with Gasteiger partial charge in [-0.1, -0.05) is 24.2 Å². The predicted octanol–water partition coefficient (Wildman–Crippen LogP) is 1.88. The Labute approximate surface area is 156 Å². The summed E-state index contributed by atoms with van der Waals surface area (Å²) in [6.07, 6.45) is 2.81. The fourth-order valence-corrected chi connectivity index (χ4v) is 4.82. The summed E-state index contributed by atoms with van der Waals surface area (Å²) in [6, 6.07) is 6.45. The quantitative estimate of drug-likeness (QED) is 0.740. The van der Waals surface area contributed by atoms with Crippen molar-refractivity contribution in [3.8, 4) is 11.5 Å². The first-order valence-corrected chi connectivity index (χ1v) is 10.6. The largest absolute Gasteiger partial charge is 0.411 e. The topological polar surface area (TPSA) is 119 Å². The molecule has 2 N–H and O–H groups in total. The molecule has 0 bridgehead atoms. The van der Waals surface area contributed by atoms with Crippen LogP contribution in [0.5, 0.6) is 0 Å². The Morgan fingerprint density at radius 2 is 2.00 bits per heavy atom. The number of nitrogens with two attached hydrogens (primary N) is 1. The summed E-state index contributed by atoms with van der Waals surface area (Å²) in [7, 11) is -3.54. The fraction of sp³-hybridized carbons (Fsp3) is 0.438. The van der Waals surface area contributed by atoms with E-state index in [1.54, 1.807) is 25.1 Å². The van der Waals surface area contributed by atoms with Crippen molar-refractivity contribution in [1.82, 2.24) is 14.5 Å². The minimum atomic E-state index is -3.54. The van der Waals surface area contributed by atoms with E-state index >= 15 is 0 Å². The van der Waals surface area contributed by atoms with Crippen LogP contribution < -0.4 is 5.73 Å². The number of hydrogen-bond donors (Lipinski definition) is 1. The van der Waals surface area contributed by atoms with Crippen LogP contribution in [0.15, 0.2) is 38.8 Å². The van der Waals surface area contributed by atoms with Gasteiger partial charge >= 0.3 is 0 Å². The number of hydrogen-bond acceptors (Lipinski definition) is 7. The van der Waals surface area contributed by atoms with Crippen LogP contribution >= 0.6 is 11.8 Å². The molecule has 0 radical (unpaired) electrons. The predicted molar refractivity (Wildman–Crippen MR) is 96.9 cm³/mol. The number of amides is 1. The summed E-state index contributed by atoms with van der Waals surface area (Å²) in [5, 5.41) is 7.51. The molecule has 1 aromatic heterocycles. The molecule has 0 saturated carbocycles. The molecule has 0 aliphatic carbocycles. The van der Waals surface area contributed by atoms with E-state index in [4.69, 9.17) is 10.2 Å². The molecule has 8 nitrogen and oxygen atoms in total. The van der Waals surface area contributed by atoms with Crippen LogP contribution in [0.3, 0.4) is 0 Å². The average Bonchev–Trinajstić information content (AvgIpc) is 3.11. The number of primary amides is 1. The minimum Gasteiger partial charge on any atom is -0.411 e. The normalized spacial score (nSPS) is 17.1. The summed E-state index contributed by atoms with van der Waals surface area (Å²) in [5.74, 6) is -0.288. The molecule has 1 fully saturated rings. The van der Waals surface area contributed by atoms with Gasteiger partial charge in [0.15, 0.2) is 0 Å². The Morgan fingerprint density at radius 3 is 2.69 bits per heavy atom. The van der Waals surface area contributed by atoms with Crippen LogP contribution in [0, 0.1) is 0 Å². The zero-order valence-electron chi connectivity index (χ0n) is 14.3. The van der Waals surface area contributed by atoms with Crippen molar-refractivity contribution in [3.63, 3.8) is 0 Å². The Bertz CT molecular complexity index is 891. The van der Waals surface area contributed by atoms with Gasteiger partial charge in [-0.3, -0.25) is 4.79 Å². The fourth-order valence-electron chi connectivity index (χ4n) is 2.63. The van der Waals surface area contributed by atoms with Crippen molar-refractivity contribution in [1.29, 1.82) is 0 Å². The van der Waals surface area contributed by atoms with Crippen LogP contribution in [0.2, 0.25) is 0 Å². The molecule has 1 amide bonds. The van der Waals surface area contributed by atoms with Gasteiger partial charge in [-0.2, -0.15) is 4.31 Å². The zero-order chi connectivity index (χ0) is 18.7. The maximum Gasteiger partial charge on any atom is 0.277 e. The van der Waals surface area contributed by atoms with Gasteiger partial charge in [0.05, 0.1) is 10.1 Å². The van der Waals surface area contributed by atoms with Crippen molar-refractivity contribution in [2.45, 2.75) is 41.6 Å². The Morgan fingerprint density at radius 1 is 1.27 bits per heavy atom. The monoisotopic (exact) mass is 396 g/mol.